The van der Waals surface area contributed by atoms with Gasteiger partial charge in [-0.3, -0.25) is 4.79 Å². The molecule has 0 N–H and O–H groups in total. The van der Waals surface area contributed by atoms with Crippen molar-refractivity contribution in [2.75, 3.05) is 0 Å². The predicted molar refractivity (Wildman–Crippen MR) is 70.6 cm³/mol. The molecular formula is C11H12Br2OS. The number of rotatable bonds is 2. The van der Waals surface area contributed by atoms with Gasteiger partial charge in [0.1, 0.15) is 0 Å². The predicted octanol–water partition coefficient (Wildman–Crippen LogP) is 5.04. The smallest absolute Gasteiger partial charge is 0.178 e. The molecule has 0 radical (unpaired) electrons. The molecule has 15 heavy (non-hydrogen) atoms. The standard InChI is InChI=1S/C11H12Br2OS/c1-11(4-2-3-5-11)9(14)8-6-7(12)10(13)15-8/h6H,2-5H2,1H3. The van der Waals surface area contributed by atoms with Crippen molar-refractivity contribution in [3.63, 3.8) is 0 Å². The Bertz CT molecular complexity index is 372. The number of thiophene rings is 1. The second kappa shape index (κ2) is 4.30. The molecule has 1 heterocycles. The van der Waals surface area contributed by atoms with Gasteiger partial charge in [0.25, 0.3) is 0 Å². The summed E-state index contributed by atoms with van der Waals surface area (Å²) in [6, 6.07) is 1.93. The summed E-state index contributed by atoms with van der Waals surface area (Å²) in [4.78, 5) is 13.2. The van der Waals surface area contributed by atoms with Crippen molar-refractivity contribution in [1.29, 1.82) is 0 Å². The summed E-state index contributed by atoms with van der Waals surface area (Å²) in [5.41, 5.74) is -0.107. The van der Waals surface area contributed by atoms with E-state index in [4.69, 9.17) is 0 Å². The summed E-state index contributed by atoms with van der Waals surface area (Å²) in [7, 11) is 0. The molecule has 0 aliphatic heterocycles. The van der Waals surface area contributed by atoms with Crippen LogP contribution in [-0.4, -0.2) is 5.78 Å². The molecule has 2 rings (SSSR count). The molecule has 0 amide bonds. The van der Waals surface area contributed by atoms with Crippen LogP contribution in [0.3, 0.4) is 0 Å². The van der Waals surface area contributed by atoms with E-state index in [0.29, 0.717) is 5.78 Å². The zero-order valence-electron chi connectivity index (χ0n) is 8.48. The third-order valence-electron chi connectivity index (χ3n) is 3.12. The first-order chi connectivity index (χ1) is 7.03. The van der Waals surface area contributed by atoms with Crippen LogP contribution >= 0.6 is 43.2 Å². The maximum atomic E-state index is 12.3. The van der Waals surface area contributed by atoms with Crippen LogP contribution in [0.1, 0.15) is 42.3 Å². The Kier molecular flexibility index (Phi) is 3.39. The van der Waals surface area contributed by atoms with Gasteiger partial charge in [-0.2, -0.15) is 0 Å². The van der Waals surface area contributed by atoms with Crippen LogP contribution in [0.4, 0.5) is 0 Å². The van der Waals surface area contributed by atoms with Gasteiger partial charge in [0.15, 0.2) is 5.78 Å². The Labute approximate surface area is 111 Å². The van der Waals surface area contributed by atoms with Crippen molar-refractivity contribution >= 4 is 49.0 Å². The molecule has 1 aliphatic carbocycles. The summed E-state index contributed by atoms with van der Waals surface area (Å²) < 4.78 is 1.99. The van der Waals surface area contributed by atoms with Gasteiger partial charge in [-0.15, -0.1) is 11.3 Å². The van der Waals surface area contributed by atoms with Gasteiger partial charge in [0, 0.05) is 9.89 Å². The average Bonchev–Trinajstić information content (AvgIpc) is 2.75. The lowest BCUT2D eigenvalue weighted by molar-refractivity contribution is 0.0828. The van der Waals surface area contributed by atoms with E-state index in [1.807, 2.05) is 6.07 Å². The lowest BCUT2D eigenvalue weighted by Gasteiger charge is -2.20. The number of ketones is 1. The van der Waals surface area contributed by atoms with Crippen LogP contribution in [0.5, 0.6) is 0 Å². The molecule has 0 aromatic carbocycles. The quantitative estimate of drug-likeness (QED) is 0.682. The maximum absolute atomic E-state index is 12.3. The monoisotopic (exact) mass is 350 g/mol. The molecule has 1 nitrogen and oxygen atoms in total. The highest BCUT2D eigenvalue weighted by molar-refractivity contribution is 9.13. The number of hydrogen-bond donors (Lipinski definition) is 0. The molecule has 1 aliphatic rings. The zero-order chi connectivity index (χ0) is 11.1. The van der Waals surface area contributed by atoms with Crippen LogP contribution in [0.25, 0.3) is 0 Å². The molecule has 82 valence electrons. The van der Waals surface area contributed by atoms with Crippen molar-refractivity contribution in [1.82, 2.24) is 0 Å². The van der Waals surface area contributed by atoms with Gasteiger partial charge < -0.3 is 0 Å². The molecule has 1 fully saturated rings. The fraction of sp³-hybridized carbons (Fsp3) is 0.545. The minimum absolute atomic E-state index is 0.107. The highest BCUT2D eigenvalue weighted by atomic mass is 79.9. The van der Waals surface area contributed by atoms with E-state index in [1.165, 1.54) is 24.2 Å². The van der Waals surface area contributed by atoms with Crippen molar-refractivity contribution < 1.29 is 4.79 Å². The highest BCUT2D eigenvalue weighted by Gasteiger charge is 2.37. The number of hydrogen-bond acceptors (Lipinski definition) is 2. The third kappa shape index (κ3) is 2.22. The second-order valence-electron chi connectivity index (χ2n) is 4.33. The Hall–Kier alpha value is 0.330. The number of Topliss-reactive ketones (excluding diaryl/α,β-unsaturated/α-hetero) is 1. The Morgan fingerprint density at radius 1 is 1.40 bits per heavy atom. The Balaban J connectivity index is 2.27. The largest absolute Gasteiger partial charge is 0.293 e. The third-order valence-corrected chi connectivity index (χ3v) is 6.38. The fourth-order valence-corrected chi connectivity index (χ4v) is 4.26. The maximum Gasteiger partial charge on any atom is 0.178 e. The molecule has 1 saturated carbocycles. The first kappa shape index (κ1) is 11.8. The lowest BCUT2D eigenvalue weighted by atomic mass is 9.83. The molecule has 1 aromatic heterocycles. The molecule has 0 saturated heterocycles. The van der Waals surface area contributed by atoms with Crippen molar-refractivity contribution in [3.05, 3.63) is 19.2 Å². The molecule has 0 bridgehead atoms. The summed E-state index contributed by atoms with van der Waals surface area (Å²) in [5.74, 6) is 0.316. The first-order valence-electron chi connectivity index (χ1n) is 5.02. The van der Waals surface area contributed by atoms with Crippen molar-refractivity contribution in [3.8, 4) is 0 Å². The number of carbonyl (C=O) groups is 1. The lowest BCUT2D eigenvalue weighted by Crippen LogP contribution is -2.23. The molecule has 1 aromatic rings. The number of halogens is 2. The minimum Gasteiger partial charge on any atom is -0.293 e. The van der Waals surface area contributed by atoms with Crippen LogP contribution < -0.4 is 0 Å². The average molecular weight is 352 g/mol. The highest BCUT2D eigenvalue weighted by Crippen LogP contribution is 2.43. The van der Waals surface area contributed by atoms with Crippen LogP contribution in [0.15, 0.2) is 14.3 Å². The topological polar surface area (TPSA) is 17.1 Å². The van der Waals surface area contributed by atoms with E-state index < -0.39 is 0 Å². The van der Waals surface area contributed by atoms with E-state index in [1.54, 1.807) is 0 Å². The molecule has 0 atom stereocenters. The van der Waals surface area contributed by atoms with Crippen LogP contribution in [0, 0.1) is 5.41 Å². The Morgan fingerprint density at radius 3 is 2.47 bits per heavy atom. The van der Waals surface area contributed by atoms with Crippen molar-refractivity contribution in [2.45, 2.75) is 32.6 Å². The number of carbonyl (C=O) groups excluding carboxylic acids is 1. The van der Waals surface area contributed by atoms with E-state index in [0.717, 1.165) is 26.0 Å². The van der Waals surface area contributed by atoms with Gasteiger partial charge in [0.05, 0.1) is 8.66 Å². The van der Waals surface area contributed by atoms with E-state index in [9.17, 15) is 4.79 Å². The SMILES string of the molecule is CC1(C(=O)c2cc(Br)c(Br)s2)CCCC1. The van der Waals surface area contributed by atoms with Gasteiger partial charge >= 0.3 is 0 Å². The van der Waals surface area contributed by atoms with E-state index in [2.05, 4.69) is 38.8 Å². The normalized spacial score (nSPS) is 19.4. The van der Waals surface area contributed by atoms with Gasteiger partial charge in [-0.25, -0.2) is 0 Å². The summed E-state index contributed by atoms with van der Waals surface area (Å²) in [6.45, 7) is 2.10. The van der Waals surface area contributed by atoms with E-state index in [-0.39, 0.29) is 5.41 Å². The zero-order valence-corrected chi connectivity index (χ0v) is 12.5. The van der Waals surface area contributed by atoms with Crippen molar-refractivity contribution in [2.24, 2.45) is 5.41 Å². The van der Waals surface area contributed by atoms with E-state index >= 15 is 0 Å². The van der Waals surface area contributed by atoms with Gasteiger partial charge in [-0.05, 0) is 50.8 Å². The van der Waals surface area contributed by atoms with Crippen LogP contribution in [0.2, 0.25) is 0 Å². The molecule has 4 heteroatoms. The summed E-state index contributed by atoms with van der Waals surface area (Å²) >= 11 is 8.38. The van der Waals surface area contributed by atoms with Gasteiger partial charge in [0.2, 0.25) is 0 Å². The summed E-state index contributed by atoms with van der Waals surface area (Å²) in [5, 5.41) is 0. The molecule has 0 unspecified atom stereocenters. The molecule has 0 spiro atoms. The molecular weight excluding hydrogens is 340 g/mol. The van der Waals surface area contributed by atoms with Gasteiger partial charge in [-0.1, -0.05) is 19.8 Å². The Morgan fingerprint density at radius 2 is 2.00 bits per heavy atom. The van der Waals surface area contributed by atoms with Crippen LogP contribution in [-0.2, 0) is 0 Å². The second-order valence-corrected chi connectivity index (χ2v) is 7.55. The first-order valence-corrected chi connectivity index (χ1v) is 7.43. The fourth-order valence-electron chi connectivity index (χ4n) is 2.14. The summed E-state index contributed by atoms with van der Waals surface area (Å²) in [6.07, 6.45) is 4.46. The minimum atomic E-state index is -0.107.